The summed E-state index contributed by atoms with van der Waals surface area (Å²) in [6.45, 7) is 1.78. The van der Waals surface area contributed by atoms with E-state index in [0.717, 1.165) is 44.2 Å². The van der Waals surface area contributed by atoms with E-state index in [1.807, 2.05) is 0 Å². The fraction of sp³-hybridized carbons (Fsp3) is 0.650. The van der Waals surface area contributed by atoms with Crippen LogP contribution in [0.3, 0.4) is 0 Å². The Kier molecular flexibility index (Phi) is 3.91. The monoisotopic (exact) mass is 349 g/mol. The molecule has 0 saturated heterocycles. The Hall–Kier alpha value is -1.49. The highest BCUT2D eigenvalue weighted by molar-refractivity contribution is 5.77. The Labute approximate surface area is 146 Å². The van der Waals surface area contributed by atoms with Crippen molar-refractivity contribution < 1.29 is 18.7 Å². The van der Waals surface area contributed by atoms with Gasteiger partial charge in [-0.2, -0.15) is 0 Å². The number of hydrogen-bond donors (Lipinski definition) is 2. The van der Waals surface area contributed by atoms with Gasteiger partial charge in [0.1, 0.15) is 0 Å². The molecule has 4 bridgehead atoms. The lowest BCUT2D eigenvalue weighted by Gasteiger charge is -2.60. The predicted molar refractivity (Wildman–Crippen MR) is 89.6 cm³/mol. The van der Waals surface area contributed by atoms with E-state index in [-0.39, 0.29) is 17.4 Å². The van der Waals surface area contributed by atoms with E-state index in [1.54, 1.807) is 6.92 Å². The van der Waals surface area contributed by atoms with Crippen LogP contribution in [0.15, 0.2) is 18.2 Å². The summed E-state index contributed by atoms with van der Waals surface area (Å²) in [4.78, 5) is 12.6. The van der Waals surface area contributed by atoms with Crippen molar-refractivity contribution in [3.05, 3.63) is 35.4 Å². The number of halogens is 2. The summed E-state index contributed by atoms with van der Waals surface area (Å²) in [5.41, 5.74) is -0.108. The highest BCUT2D eigenvalue weighted by atomic mass is 19.2. The topological polar surface area (TPSA) is 49.3 Å². The van der Waals surface area contributed by atoms with Gasteiger partial charge in [-0.1, -0.05) is 6.07 Å². The van der Waals surface area contributed by atoms with Gasteiger partial charge in [-0.3, -0.25) is 4.79 Å². The van der Waals surface area contributed by atoms with E-state index >= 15 is 0 Å². The lowest BCUT2D eigenvalue weighted by Crippen LogP contribution is -2.56. The number of rotatable bonds is 4. The molecule has 0 unspecified atom stereocenters. The van der Waals surface area contributed by atoms with Crippen LogP contribution in [0.1, 0.15) is 63.5 Å². The van der Waals surface area contributed by atoms with Crippen LogP contribution in [0.25, 0.3) is 0 Å². The lowest BCUT2D eigenvalue weighted by atomic mass is 9.47. The maximum atomic E-state index is 13.4. The molecule has 3 nitrogen and oxygen atoms in total. The van der Waals surface area contributed by atoms with Gasteiger partial charge in [0, 0.05) is 6.42 Å². The molecule has 1 amide bonds. The van der Waals surface area contributed by atoms with E-state index in [0.29, 0.717) is 23.8 Å². The van der Waals surface area contributed by atoms with Crippen molar-refractivity contribution in [1.29, 1.82) is 0 Å². The van der Waals surface area contributed by atoms with Crippen LogP contribution in [0.4, 0.5) is 8.78 Å². The number of benzene rings is 1. The van der Waals surface area contributed by atoms with E-state index in [1.165, 1.54) is 12.5 Å². The molecule has 5 heteroatoms. The standard InChI is InChI=1S/C20H25F2NO2/c1-12(15-2-3-16(21)17(22)5-15)23-18(24)10-19-6-13-4-14(7-19)9-20(25,8-13)11-19/h2-3,5,12-14,25H,4,6-11H2,1H3,(H,23,24)/t12-,13+,14+,19?,20?/m0/s1. The molecule has 0 aliphatic heterocycles. The van der Waals surface area contributed by atoms with Crippen LogP contribution < -0.4 is 5.32 Å². The maximum Gasteiger partial charge on any atom is 0.221 e. The number of carbonyl (C=O) groups is 1. The predicted octanol–water partition coefficient (Wildman–Crippen LogP) is 3.86. The third-order valence-corrected chi connectivity index (χ3v) is 6.51. The van der Waals surface area contributed by atoms with Crippen LogP contribution in [0, 0.1) is 28.9 Å². The van der Waals surface area contributed by atoms with Gasteiger partial charge in [-0.15, -0.1) is 0 Å². The zero-order chi connectivity index (χ0) is 17.8. The molecular weight excluding hydrogens is 324 g/mol. The van der Waals surface area contributed by atoms with Crippen molar-refractivity contribution in [2.75, 3.05) is 0 Å². The SMILES string of the molecule is C[C@H](NC(=O)CC12C[C@H]3C[C@@H](CC(O)(C3)C1)C2)c1ccc(F)c(F)c1. The first-order valence-corrected chi connectivity index (χ1v) is 9.23. The molecule has 1 aromatic rings. The van der Waals surface area contributed by atoms with Crippen LogP contribution >= 0.6 is 0 Å². The minimum Gasteiger partial charge on any atom is -0.390 e. The highest BCUT2D eigenvalue weighted by Crippen LogP contribution is 2.62. The van der Waals surface area contributed by atoms with Gasteiger partial charge in [-0.05, 0) is 80.4 Å². The molecule has 4 fully saturated rings. The second kappa shape index (κ2) is 5.76. The van der Waals surface area contributed by atoms with E-state index in [4.69, 9.17) is 0 Å². The third-order valence-electron chi connectivity index (χ3n) is 6.51. The summed E-state index contributed by atoms with van der Waals surface area (Å²) < 4.78 is 26.5. The molecular formula is C20H25F2NO2. The summed E-state index contributed by atoms with van der Waals surface area (Å²) in [6.07, 6.45) is 6.15. The fourth-order valence-corrected chi connectivity index (χ4v) is 6.11. The molecule has 25 heavy (non-hydrogen) atoms. The van der Waals surface area contributed by atoms with Gasteiger partial charge in [0.15, 0.2) is 11.6 Å². The van der Waals surface area contributed by atoms with Gasteiger partial charge < -0.3 is 10.4 Å². The Morgan fingerprint density at radius 3 is 2.52 bits per heavy atom. The van der Waals surface area contributed by atoms with Crippen molar-refractivity contribution in [2.45, 2.75) is 63.5 Å². The second-order valence-electron chi connectivity index (χ2n) is 8.82. The number of aliphatic hydroxyl groups is 1. The van der Waals surface area contributed by atoms with Gasteiger partial charge in [0.25, 0.3) is 0 Å². The van der Waals surface area contributed by atoms with Gasteiger partial charge in [0.2, 0.25) is 5.91 Å². The van der Waals surface area contributed by atoms with Crippen LogP contribution in [0.2, 0.25) is 0 Å². The zero-order valence-electron chi connectivity index (χ0n) is 14.5. The van der Waals surface area contributed by atoms with Gasteiger partial charge >= 0.3 is 0 Å². The number of nitrogens with one attached hydrogen (secondary N) is 1. The van der Waals surface area contributed by atoms with Crippen LogP contribution in [0.5, 0.6) is 0 Å². The molecule has 4 saturated carbocycles. The minimum atomic E-state index is -0.901. The molecule has 0 radical (unpaired) electrons. The summed E-state index contributed by atoms with van der Waals surface area (Å²) in [5.74, 6) is -0.765. The van der Waals surface area contributed by atoms with Gasteiger partial charge in [0.05, 0.1) is 11.6 Å². The van der Waals surface area contributed by atoms with Crippen molar-refractivity contribution in [1.82, 2.24) is 5.32 Å². The largest absolute Gasteiger partial charge is 0.390 e. The van der Waals surface area contributed by atoms with Crippen molar-refractivity contribution >= 4 is 5.91 Å². The first-order chi connectivity index (χ1) is 11.8. The first kappa shape index (κ1) is 17.0. The molecule has 1 aromatic carbocycles. The Morgan fingerprint density at radius 2 is 1.92 bits per heavy atom. The van der Waals surface area contributed by atoms with E-state index in [9.17, 15) is 18.7 Å². The quantitative estimate of drug-likeness (QED) is 0.867. The lowest BCUT2D eigenvalue weighted by molar-refractivity contribution is -0.169. The Morgan fingerprint density at radius 1 is 1.24 bits per heavy atom. The molecule has 4 aliphatic rings. The van der Waals surface area contributed by atoms with E-state index < -0.39 is 17.2 Å². The number of carbonyl (C=O) groups excluding carboxylic acids is 1. The summed E-state index contributed by atoms with van der Waals surface area (Å²) in [5, 5.41) is 13.7. The summed E-state index contributed by atoms with van der Waals surface area (Å²) >= 11 is 0. The molecule has 3 atom stereocenters. The third kappa shape index (κ3) is 3.19. The fourth-order valence-electron chi connectivity index (χ4n) is 6.11. The minimum absolute atomic E-state index is 0.0669. The van der Waals surface area contributed by atoms with Crippen LogP contribution in [-0.2, 0) is 4.79 Å². The molecule has 5 rings (SSSR count). The van der Waals surface area contributed by atoms with E-state index in [2.05, 4.69) is 5.32 Å². The highest BCUT2D eigenvalue weighted by Gasteiger charge is 2.57. The number of amides is 1. The Bertz CT molecular complexity index is 691. The van der Waals surface area contributed by atoms with Crippen molar-refractivity contribution in [3.63, 3.8) is 0 Å². The summed E-state index contributed by atoms with van der Waals surface area (Å²) in [6, 6.07) is 3.34. The smallest absolute Gasteiger partial charge is 0.221 e. The normalized spacial score (nSPS) is 37.1. The van der Waals surface area contributed by atoms with Crippen LogP contribution in [-0.4, -0.2) is 16.6 Å². The second-order valence-corrected chi connectivity index (χ2v) is 8.82. The molecule has 0 aromatic heterocycles. The first-order valence-electron chi connectivity index (χ1n) is 9.23. The molecule has 4 aliphatic carbocycles. The summed E-state index contributed by atoms with van der Waals surface area (Å²) in [7, 11) is 0. The maximum absolute atomic E-state index is 13.4. The Balaban J connectivity index is 1.43. The zero-order valence-corrected chi connectivity index (χ0v) is 14.5. The average molecular weight is 349 g/mol. The van der Waals surface area contributed by atoms with Crippen molar-refractivity contribution in [3.8, 4) is 0 Å². The molecule has 0 spiro atoms. The molecule has 2 N–H and O–H groups in total. The number of hydrogen-bond acceptors (Lipinski definition) is 2. The average Bonchev–Trinajstić information content (AvgIpc) is 2.46. The van der Waals surface area contributed by atoms with Gasteiger partial charge in [-0.25, -0.2) is 8.78 Å². The van der Waals surface area contributed by atoms with Crippen molar-refractivity contribution in [2.24, 2.45) is 17.3 Å². The molecule has 0 heterocycles. The molecule has 136 valence electrons.